The van der Waals surface area contributed by atoms with Crippen LogP contribution in [0.2, 0.25) is 0 Å². The molecule has 0 aromatic heterocycles. The number of nitro groups is 1. The molecule has 150 valence electrons. The van der Waals surface area contributed by atoms with Crippen LogP contribution in [0.4, 0.5) is 30.2 Å². The van der Waals surface area contributed by atoms with Crippen molar-refractivity contribution in [3.8, 4) is 5.75 Å². The normalized spacial score (nSPS) is 10.9. The molecule has 0 atom stereocenters. The molecule has 0 saturated heterocycles. The SMILES string of the molecule is COc1ccc(NC(=S)NCCNc2ccc(C(F)(F)F)cc2[N+](=O)[O-])cc1. The summed E-state index contributed by atoms with van der Waals surface area (Å²) in [6.07, 6.45) is -4.65. The Morgan fingerprint density at radius 1 is 1.18 bits per heavy atom. The molecule has 11 heteroatoms. The van der Waals surface area contributed by atoms with Crippen LogP contribution in [0.25, 0.3) is 0 Å². The van der Waals surface area contributed by atoms with Crippen LogP contribution in [0.3, 0.4) is 0 Å². The van der Waals surface area contributed by atoms with Crippen molar-refractivity contribution in [1.82, 2.24) is 5.32 Å². The number of alkyl halides is 3. The highest BCUT2D eigenvalue weighted by molar-refractivity contribution is 7.80. The van der Waals surface area contributed by atoms with E-state index in [-0.39, 0.29) is 12.2 Å². The Labute approximate surface area is 164 Å². The van der Waals surface area contributed by atoms with Crippen LogP contribution in [-0.4, -0.2) is 30.2 Å². The number of nitrogens with one attached hydrogen (secondary N) is 3. The molecule has 0 aliphatic heterocycles. The molecule has 2 aromatic rings. The number of benzene rings is 2. The van der Waals surface area contributed by atoms with E-state index in [9.17, 15) is 23.3 Å². The molecule has 0 fully saturated rings. The van der Waals surface area contributed by atoms with E-state index in [0.29, 0.717) is 23.5 Å². The minimum absolute atomic E-state index is 0.00571. The highest BCUT2D eigenvalue weighted by Gasteiger charge is 2.32. The first-order valence-corrected chi connectivity index (χ1v) is 8.40. The molecule has 0 unspecified atom stereocenters. The second-order valence-corrected chi connectivity index (χ2v) is 5.93. The Morgan fingerprint density at radius 2 is 1.86 bits per heavy atom. The molecule has 0 heterocycles. The first-order valence-electron chi connectivity index (χ1n) is 7.99. The minimum atomic E-state index is -4.65. The van der Waals surface area contributed by atoms with E-state index in [4.69, 9.17) is 17.0 Å². The van der Waals surface area contributed by atoms with E-state index >= 15 is 0 Å². The number of anilines is 2. The zero-order valence-electron chi connectivity index (χ0n) is 14.7. The zero-order valence-corrected chi connectivity index (χ0v) is 15.5. The Balaban J connectivity index is 1.87. The van der Waals surface area contributed by atoms with E-state index in [1.807, 2.05) is 0 Å². The van der Waals surface area contributed by atoms with Gasteiger partial charge in [-0.3, -0.25) is 10.1 Å². The summed E-state index contributed by atoms with van der Waals surface area (Å²) in [5, 5.41) is 19.9. The van der Waals surface area contributed by atoms with Gasteiger partial charge in [-0.15, -0.1) is 0 Å². The maximum Gasteiger partial charge on any atom is 0.416 e. The van der Waals surface area contributed by atoms with Gasteiger partial charge in [0.2, 0.25) is 0 Å². The second-order valence-electron chi connectivity index (χ2n) is 5.52. The van der Waals surface area contributed by atoms with E-state index in [1.54, 1.807) is 31.4 Å². The number of ether oxygens (including phenoxy) is 1. The largest absolute Gasteiger partial charge is 0.497 e. The van der Waals surface area contributed by atoms with E-state index in [1.165, 1.54) is 0 Å². The molecule has 0 amide bonds. The molecule has 0 saturated carbocycles. The van der Waals surface area contributed by atoms with Gasteiger partial charge in [0.15, 0.2) is 5.11 Å². The van der Waals surface area contributed by atoms with Crippen molar-refractivity contribution in [2.45, 2.75) is 6.18 Å². The lowest BCUT2D eigenvalue weighted by Crippen LogP contribution is -2.32. The van der Waals surface area contributed by atoms with Gasteiger partial charge < -0.3 is 20.7 Å². The van der Waals surface area contributed by atoms with Crippen LogP contribution in [0.5, 0.6) is 5.75 Å². The fourth-order valence-electron chi connectivity index (χ4n) is 2.23. The quantitative estimate of drug-likeness (QED) is 0.273. The number of hydrogen-bond acceptors (Lipinski definition) is 5. The molecule has 3 N–H and O–H groups in total. The predicted octanol–water partition coefficient (Wildman–Crippen LogP) is 4.02. The molecular weight excluding hydrogens is 397 g/mol. The van der Waals surface area contributed by atoms with Crippen molar-refractivity contribution in [2.24, 2.45) is 0 Å². The van der Waals surface area contributed by atoms with Crippen LogP contribution in [0.1, 0.15) is 5.56 Å². The summed E-state index contributed by atoms with van der Waals surface area (Å²) in [5.74, 6) is 0.701. The lowest BCUT2D eigenvalue weighted by atomic mass is 10.1. The van der Waals surface area contributed by atoms with Crippen molar-refractivity contribution in [2.75, 3.05) is 30.8 Å². The fourth-order valence-corrected chi connectivity index (χ4v) is 2.45. The molecule has 7 nitrogen and oxygen atoms in total. The molecule has 2 aromatic carbocycles. The minimum Gasteiger partial charge on any atom is -0.497 e. The molecule has 0 bridgehead atoms. The van der Waals surface area contributed by atoms with Gasteiger partial charge in [0.25, 0.3) is 5.69 Å². The number of nitro benzene ring substituents is 1. The van der Waals surface area contributed by atoms with Crippen molar-refractivity contribution >= 4 is 34.4 Å². The number of thiocarbonyl (C=S) groups is 1. The van der Waals surface area contributed by atoms with Gasteiger partial charge in [-0.1, -0.05) is 0 Å². The molecule has 0 spiro atoms. The van der Waals surface area contributed by atoms with Gasteiger partial charge in [0.05, 0.1) is 17.6 Å². The maximum atomic E-state index is 12.7. The molecule has 28 heavy (non-hydrogen) atoms. The molecular formula is C17H17F3N4O3S. The summed E-state index contributed by atoms with van der Waals surface area (Å²) in [5.41, 5.74) is -0.986. The van der Waals surface area contributed by atoms with Gasteiger partial charge in [-0.2, -0.15) is 13.2 Å². The summed E-state index contributed by atoms with van der Waals surface area (Å²) in [7, 11) is 1.56. The second kappa shape index (κ2) is 9.22. The third-order valence-corrected chi connectivity index (χ3v) is 3.84. The number of hydrogen-bond donors (Lipinski definition) is 3. The first kappa shape index (κ1) is 21.2. The number of rotatable bonds is 7. The van der Waals surface area contributed by atoms with Gasteiger partial charge >= 0.3 is 6.18 Å². The topological polar surface area (TPSA) is 88.5 Å². The number of halogens is 3. The third kappa shape index (κ3) is 5.98. The van der Waals surface area contributed by atoms with Gasteiger partial charge in [-0.25, -0.2) is 0 Å². The van der Waals surface area contributed by atoms with Gasteiger partial charge in [0.1, 0.15) is 11.4 Å². The lowest BCUT2D eigenvalue weighted by molar-refractivity contribution is -0.384. The summed E-state index contributed by atoms with van der Waals surface area (Å²) in [4.78, 5) is 10.2. The Hall–Kier alpha value is -3.08. The highest BCUT2D eigenvalue weighted by Crippen LogP contribution is 2.34. The molecule has 0 radical (unpaired) electrons. The first-order chi connectivity index (χ1) is 13.2. The molecule has 0 aliphatic rings. The van der Waals surface area contributed by atoms with Crippen molar-refractivity contribution in [3.63, 3.8) is 0 Å². The smallest absolute Gasteiger partial charge is 0.416 e. The zero-order chi connectivity index (χ0) is 20.7. The van der Waals surface area contributed by atoms with Gasteiger partial charge in [0, 0.05) is 24.8 Å². The molecule has 2 rings (SSSR count). The monoisotopic (exact) mass is 414 g/mol. The third-order valence-electron chi connectivity index (χ3n) is 3.60. The summed E-state index contributed by atoms with van der Waals surface area (Å²) in [6, 6.07) is 9.40. The summed E-state index contributed by atoms with van der Waals surface area (Å²) in [6.45, 7) is 0.497. The average Bonchev–Trinajstić information content (AvgIpc) is 2.65. The van der Waals surface area contributed by atoms with Crippen LogP contribution >= 0.6 is 12.2 Å². The molecule has 0 aliphatic carbocycles. The van der Waals surface area contributed by atoms with Crippen LogP contribution in [-0.2, 0) is 6.18 Å². The van der Waals surface area contributed by atoms with Crippen LogP contribution < -0.4 is 20.7 Å². The maximum absolute atomic E-state index is 12.7. The van der Waals surface area contributed by atoms with Crippen molar-refractivity contribution in [3.05, 3.63) is 58.1 Å². The summed E-state index contributed by atoms with van der Waals surface area (Å²) < 4.78 is 43.1. The van der Waals surface area contributed by atoms with Gasteiger partial charge in [-0.05, 0) is 48.6 Å². The van der Waals surface area contributed by atoms with Crippen LogP contribution in [0.15, 0.2) is 42.5 Å². The number of methoxy groups -OCH3 is 1. The van der Waals surface area contributed by atoms with E-state index in [0.717, 1.165) is 17.8 Å². The van der Waals surface area contributed by atoms with Crippen LogP contribution in [0, 0.1) is 10.1 Å². The Bertz CT molecular complexity index is 845. The standard InChI is InChI=1S/C17H17F3N4O3S/c1-27-13-5-3-12(4-6-13)23-16(28)22-9-8-21-14-7-2-11(17(18,19)20)10-15(14)24(25)26/h2-7,10,21H,8-9H2,1H3,(H2,22,23,28). The van der Waals surface area contributed by atoms with Crippen molar-refractivity contribution < 1.29 is 22.8 Å². The average molecular weight is 414 g/mol. The lowest BCUT2D eigenvalue weighted by Gasteiger charge is -2.13. The Kier molecular flexibility index (Phi) is 6.99. The fraction of sp³-hybridized carbons (Fsp3) is 0.235. The Morgan fingerprint density at radius 3 is 2.43 bits per heavy atom. The highest BCUT2D eigenvalue weighted by atomic mass is 32.1. The van der Waals surface area contributed by atoms with E-state index < -0.39 is 22.4 Å². The van der Waals surface area contributed by atoms with Crippen molar-refractivity contribution in [1.29, 1.82) is 0 Å². The number of nitrogens with zero attached hydrogens (tertiary/aromatic N) is 1. The summed E-state index contributed by atoms with van der Waals surface area (Å²) >= 11 is 5.14. The predicted molar refractivity (Wildman–Crippen MR) is 104 cm³/mol. The van der Waals surface area contributed by atoms with E-state index in [2.05, 4.69) is 16.0 Å².